The first-order valence-electron chi connectivity index (χ1n) is 8.21. The van der Waals surface area contributed by atoms with Gasteiger partial charge in [-0.1, -0.05) is 99.9 Å². The van der Waals surface area contributed by atoms with E-state index in [1.807, 2.05) is 30.3 Å². The van der Waals surface area contributed by atoms with Gasteiger partial charge < -0.3 is 5.11 Å². The number of alkyl halides is 6. The van der Waals surface area contributed by atoms with Gasteiger partial charge >= 0.3 is 5.97 Å². The van der Waals surface area contributed by atoms with Crippen LogP contribution < -0.4 is 0 Å². The molecule has 0 amide bonds. The molecule has 1 N–H and O–H groups in total. The second-order valence-corrected chi connectivity index (χ2v) is 11.6. The molecular weight excluding hydrogens is 535 g/mol. The van der Waals surface area contributed by atoms with E-state index in [-0.39, 0.29) is 17.5 Å². The van der Waals surface area contributed by atoms with Gasteiger partial charge in [0.15, 0.2) is 17.5 Å². The van der Waals surface area contributed by atoms with E-state index in [9.17, 15) is 9.90 Å². The highest BCUT2D eigenvalue weighted by Crippen LogP contribution is 2.41. The Labute approximate surface area is 205 Å². The summed E-state index contributed by atoms with van der Waals surface area (Å²) in [5.41, 5.74) is 1.39. The molecule has 0 aliphatic rings. The fourth-order valence-electron chi connectivity index (χ4n) is 2.57. The van der Waals surface area contributed by atoms with Crippen LogP contribution in [-0.4, -0.2) is 26.0 Å². The summed E-state index contributed by atoms with van der Waals surface area (Å²) in [4.78, 5) is 24.7. The van der Waals surface area contributed by atoms with Crippen molar-refractivity contribution in [2.75, 3.05) is 0 Å². The zero-order valence-corrected chi connectivity index (χ0v) is 20.1. The molecule has 1 unspecified atom stereocenters. The fourth-order valence-corrected chi connectivity index (χ4v) is 4.06. The Morgan fingerprint density at radius 1 is 0.967 bits per heavy atom. The standard InChI is InChI=1S/C18H11Cl6N3O2S/c19-17(20,21)15-25-13(26-16(27-15)18(22,23)24)10-7-12(30-8-10)11(14(28)29)6-9-4-2-1-3-5-9/h1-5,7-8,11H,6H2,(H,28,29). The molecule has 1 aromatic carbocycles. The van der Waals surface area contributed by atoms with Gasteiger partial charge in [0.2, 0.25) is 7.59 Å². The van der Waals surface area contributed by atoms with Gasteiger partial charge in [0.25, 0.3) is 0 Å². The third-order valence-corrected chi connectivity index (χ3v) is 6.01. The van der Waals surface area contributed by atoms with Crippen LogP contribution in [0.1, 0.15) is 28.0 Å². The van der Waals surface area contributed by atoms with E-state index in [1.165, 1.54) is 11.3 Å². The first-order chi connectivity index (χ1) is 13.9. The molecule has 0 spiro atoms. The molecule has 0 saturated heterocycles. The molecule has 3 aromatic rings. The summed E-state index contributed by atoms with van der Waals surface area (Å²) in [6, 6.07) is 11.0. The highest BCUT2D eigenvalue weighted by molar-refractivity contribution is 7.10. The first-order valence-corrected chi connectivity index (χ1v) is 11.4. The zero-order valence-electron chi connectivity index (χ0n) is 14.7. The Balaban J connectivity index is 2.01. The third kappa shape index (κ3) is 5.88. The van der Waals surface area contributed by atoms with Crippen LogP contribution in [-0.2, 0) is 18.8 Å². The van der Waals surface area contributed by atoms with Crippen molar-refractivity contribution in [3.8, 4) is 11.4 Å². The second-order valence-electron chi connectivity index (χ2n) is 6.12. The van der Waals surface area contributed by atoms with E-state index < -0.39 is 19.5 Å². The Morgan fingerprint density at radius 3 is 2.03 bits per heavy atom. The highest BCUT2D eigenvalue weighted by Gasteiger charge is 2.34. The number of hydrogen-bond acceptors (Lipinski definition) is 5. The molecule has 30 heavy (non-hydrogen) atoms. The molecule has 0 saturated carbocycles. The Morgan fingerprint density at radius 2 is 1.53 bits per heavy atom. The maximum absolute atomic E-state index is 11.9. The number of aliphatic carboxylic acids is 1. The Bertz CT molecular complexity index is 1020. The van der Waals surface area contributed by atoms with Gasteiger partial charge in [0, 0.05) is 15.8 Å². The number of rotatable bonds is 5. The molecule has 12 heteroatoms. The van der Waals surface area contributed by atoms with Crippen molar-refractivity contribution in [1.82, 2.24) is 15.0 Å². The maximum atomic E-state index is 11.9. The van der Waals surface area contributed by atoms with Gasteiger partial charge in [-0.05, 0) is 18.1 Å². The van der Waals surface area contributed by atoms with E-state index in [0.717, 1.165) is 5.56 Å². The lowest BCUT2D eigenvalue weighted by molar-refractivity contribution is -0.138. The highest BCUT2D eigenvalue weighted by atomic mass is 35.6. The zero-order chi connectivity index (χ0) is 22.1. The minimum atomic E-state index is -1.97. The molecule has 0 bridgehead atoms. The molecule has 3 rings (SSSR count). The average Bonchev–Trinajstić information content (AvgIpc) is 3.15. The molecule has 1 atom stereocenters. The molecule has 158 valence electrons. The van der Waals surface area contributed by atoms with Crippen LogP contribution in [0.4, 0.5) is 0 Å². The Hall–Kier alpha value is -0.860. The normalized spacial score (nSPS) is 13.3. The van der Waals surface area contributed by atoms with Crippen molar-refractivity contribution in [1.29, 1.82) is 0 Å². The first kappa shape index (κ1) is 23.8. The lowest BCUT2D eigenvalue weighted by atomic mass is 9.97. The number of aromatic nitrogens is 3. The predicted octanol–water partition coefficient (Wildman–Crippen LogP) is 6.66. The van der Waals surface area contributed by atoms with Crippen molar-refractivity contribution >= 4 is 86.9 Å². The van der Waals surface area contributed by atoms with Crippen LogP contribution in [0.5, 0.6) is 0 Å². The second kappa shape index (κ2) is 9.33. The third-order valence-electron chi connectivity index (χ3n) is 3.94. The van der Waals surface area contributed by atoms with Crippen LogP contribution in [0.25, 0.3) is 11.4 Å². The van der Waals surface area contributed by atoms with E-state index in [4.69, 9.17) is 69.6 Å². The van der Waals surface area contributed by atoms with Crippen molar-refractivity contribution < 1.29 is 9.90 Å². The molecule has 0 aliphatic carbocycles. The molecular formula is C18H11Cl6N3O2S. The number of benzene rings is 1. The number of thiophene rings is 1. The summed E-state index contributed by atoms with van der Waals surface area (Å²) < 4.78 is -3.95. The fraction of sp³-hybridized carbons (Fsp3) is 0.222. The molecule has 2 heterocycles. The lowest BCUT2D eigenvalue weighted by Gasteiger charge is -2.15. The number of carboxylic acids is 1. The molecule has 0 aliphatic heterocycles. The van der Waals surface area contributed by atoms with Gasteiger partial charge in [-0.25, -0.2) is 15.0 Å². The predicted molar refractivity (Wildman–Crippen MR) is 122 cm³/mol. The molecule has 0 fully saturated rings. The van der Waals surface area contributed by atoms with Gasteiger partial charge in [0.1, 0.15) is 0 Å². The molecule has 2 aromatic heterocycles. The van der Waals surface area contributed by atoms with Crippen molar-refractivity contribution in [3.05, 3.63) is 63.9 Å². The van der Waals surface area contributed by atoms with E-state index >= 15 is 0 Å². The Kier molecular flexibility index (Phi) is 7.40. The summed E-state index contributed by atoms with van der Waals surface area (Å²) in [5.74, 6) is -2.05. The van der Waals surface area contributed by atoms with Crippen LogP contribution in [0.15, 0.2) is 41.8 Å². The average molecular weight is 546 g/mol. The van der Waals surface area contributed by atoms with Crippen LogP contribution in [0.3, 0.4) is 0 Å². The quantitative estimate of drug-likeness (QED) is 0.363. The monoisotopic (exact) mass is 543 g/mol. The van der Waals surface area contributed by atoms with Gasteiger partial charge in [-0.2, -0.15) is 0 Å². The maximum Gasteiger partial charge on any atom is 0.312 e. The number of hydrogen-bond donors (Lipinski definition) is 1. The lowest BCUT2D eigenvalue weighted by Crippen LogP contribution is -2.16. The summed E-state index contributed by atoms with van der Waals surface area (Å²) in [7, 11) is 0. The van der Waals surface area contributed by atoms with Crippen molar-refractivity contribution in [3.63, 3.8) is 0 Å². The largest absolute Gasteiger partial charge is 0.481 e. The summed E-state index contributed by atoms with van der Waals surface area (Å²) in [5, 5.41) is 11.4. The number of carboxylic acid groups (broad SMARTS) is 1. The summed E-state index contributed by atoms with van der Waals surface area (Å²) >= 11 is 36.7. The van der Waals surface area contributed by atoms with Crippen molar-refractivity contribution in [2.24, 2.45) is 0 Å². The van der Waals surface area contributed by atoms with Crippen molar-refractivity contribution in [2.45, 2.75) is 19.9 Å². The van der Waals surface area contributed by atoms with E-state index in [2.05, 4.69) is 15.0 Å². The minimum absolute atomic E-state index is 0.0963. The number of nitrogens with zero attached hydrogens (tertiary/aromatic N) is 3. The topological polar surface area (TPSA) is 76.0 Å². The van der Waals surface area contributed by atoms with Gasteiger partial charge in [0.05, 0.1) is 5.92 Å². The van der Waals surface area contributed by atoms with Crippen LogP contribution in [0, 0.1) is 0 Å². The van der Waals surface area contributed by atoms with Crippen LogP contribution >= 0.6 is 80.9 Å². The SMILES string of the molecule is O=C(O)C(Cc1ccccc1)c1cc(-c2nc(C(Cl)(Cl)Cl)nc(C(Cl)(Cl)Cl)n2)cs1. The van der Waals surface area contributed by atoms with Crippen LogP contribution in [0.2, 0.25) is 0 Å². The van der Waals surface area contributed by atoms with Gasteiger partial charge in [-0.15, -0.1) is 11.3 Å². The number of carbonyl (C=O) groups is 1. The van der Waals surface area contributed by atoms with Gasteiger partial charge in [-0.3, -0.25) is 4.79 Å². The van der Waals surface area contributed by atoms with E-state index in [0.29, 0.717) is 16.9 Å². The molecule has 5 nitrogen and oxygen atoms in total. The smallest absolute Gasteiger partial charge is 0.312 e. The van der Waals surface area contributed by atoms with E-state index in [1.54, 1.807) is 11.4 Å². The molecule has 0 radical (unpaired) electrons. The minimum Gasteiger partial charge on any atom is -0.481 e. The summed E-state index contributed by atoms with van der Waals surface area (Å²) in [6.45, 7) is 0. The number of halogens is 6. The summed E-state index contributed by atoms with van der Waals surface area (Å²) in [6.07, 6.45) is 0.326.